The fourth-order valence-electron chi connectivity index (χ4n) is 3.31. The predicted molar refractivity (Wildman–Crippen MR) is 107 cm³/mol. The standard InChI is InChI=1S/C20H19ClN4O2/c1-13(2)11-23-18(26)16-8-3-4-9-17(16)25-19(23)22-24(20(25)27)12-14-6-5-7-15(21)10-14/h3-10,13H,11-12H2,1-2H3. The van der Waals surface area contributed by atoms with Gasteiger partial charge in [-0.2, -0.15) is 0 Å². The van der Waals surface area contributed by atoms with Crippen LogP contribution in [-0.2, 0) is 13.1 Å². The normalized spacial score (nSPS) is 11.7. The topological polar surface area (TPSA) is 61.3 Å². The first-order chi connectivity index (χ1) is 13.0. The second-order valence-corrected chi connectivity index (χ2v) is 7.47. The van der Waals surface area contributed by atoms with Gasteiger partial charge in [-0.1, -0.05) is 49.7 Å². The lowest BCUT2D eigenvalue weighted by Crippen LogP contribution is -2.27. The molecule has 0 saturated heterocycles. The third-order valence-corrected chi connectivity index (χ3v) is 4.69. The molecule has 0 atom stereocenters. The number of hydrogen-bond acceptors (Lipinski definition) is 3. The van der Waals surface area contributed by atoms with Crippen LogP contribution < -0.4 is 11.2 Å². The number of halogens is 1. The Morgan fingerprint density at radius 1 is 1.07 bits per heavy atom. The van der Waals surface area contributed by atoms with Gasteiger partial charge in [-0.25, -0.2) is 13.9 Å². The molecule has 0 saturated carbocycles. The Hall–Kier alpha value is -2.86. The zero-order valence-corrected chi connectivity index (χ0v) is 15.8. The second kappa shape index (κ2) is 6.70. The molecule has 0 aliphatic heterocycles. The average Bonchev–Trinajstić information content (AvgIpc) is 2.95. The summed E-state index contributed by atoms with van der Waals surface area (Å²) in [6, 6.07) is 14.4. The maximum absolute atomic E-state index is 13.1. The lowest BCUT2D eigenvalue weighted by molar-refractivity contribution is 0.516. The number of nitrogens with zero attached hydrogens (tertiary/aromatic N) is 4. The Balaban J connectivity index is 2.01. The maximum Gasteiger partial charge on any atom is 0.352 e. The van der Waals surface area contributed by atoms with E-state index >= 15 is 0 Å². The molecular formula is C20H19ClN4O2. The molecule has 2 heterocycles. The van der Waals surface area contributed by atoms with Crippen molar-refractivity contribution in [2.24, 2.45) is 5.92 Å². The van der Waals surface area contributed by atoms with Crippen LogP contribution >= 0.6 is 11.6 Å². The van der Waals surface area contributed by atoms with Gasteiger partial charge < -0.3 is 0 Å². The van der Waals surface area contributed by atoms with Gasteiger partial charge in [-0.05, 0) is 35.7 Å². The molecule has 4 rings (SSSR count). The van der Waals surface area contributed by atoms with Crippen molar-refractivity contribution in [3.63, 3.8) is 0 Å². The smallest absolute Gasteiger partial charge is 0.276 e. The number of para-hydroxylation sites is 1. The van der Waals surface area contributed by atoms with Gasteiger partial charge in [-0.3, -0.25) is 9.36 Å². The van der Waals surface area contributed by atoms with Crippen molar-refractivity contribution in [1.82, 2.24) is 18.7 Å². The Kier molecular flexibility index (Phi) is 4.36. The molecule has 27 heavy (non-hydrogen) atoms. The summed E-state index contributed by atoms with van der Waals surface area (Å²) >= 11 is 6.05. The van der Waals surface area contributed by atoms with Crippen molar-refractivity contribution >= 4 is 28.3 Å². The van der Waals surface area contributed by atoms with E-state index < -0.39 is 0 Å². The van der Waals surface area contributed by atoms with E-state index in [1.807, 2.05) is 32.0 Å². The van der Waals surface area contributed by atoms with Crippen molar-refractivity contribution in [3.05, 3.63) is 80.0 Å². The summed E-state index contributed by atoms with van der Waals surface area (Å²) in [5.41, 5.74) is 1.03. The van der Waals surface area contributed by atoms with Gasteiger partial charge in [0, 0.05) is 11.6 Å². The third kappa shape index (κ3) is 3.06. The molecule has 0 aliphatic carbocycles. The van der Waals surface area contributed by atoms with E-state index in [1.54, 1.807) is 34.9 Å². The average molecular weight is 383 g/mol. The highest BCUT2D eigenvalue weighted by Crippen LogP contribution is 2.14. The first-order valence-corrected chi connectivity index (χ1v) is 9.19. The fraction of sp³-hybridized carbons (Fsp3) is 0.250. The molecule has 0 bridgehead atoms. The Morgan fingerprint density at radius 3 is 2.59 bits per heavy atom. The van der Waals surface area contributed by atoms with Gasteiger partial charge in [0.2, 0.25) is 5.78 Å². The molecule has 0 radical (unpaired) electrons. The predicted octanol–water partition coefficient (Wildman–Crippen LogP) is 3.17. The van der Waals surface area contributed by atoms with E-state index in [4.69, 9.17) is 11.6 Å². The second-order valence-electron chi connectivity index (χ2n) is 7.03. The van der Waals surface area contributed by atoms with Crippen molar-refractivity contribution in [3.8, 4) is 0 Å². The van der Waals surface area contributed by atoms with Gasteiger partial charge >= 0.3 is 5.69 Å². The van der Waals surface area contributed by atoms with Gasteiger partial charge in [0.1, 0.15) is 0 Å². The monoisotopic (exact) mass is 382 g/mol. The third-order valence-electron chi connectivity index (χ3n) is 4.45. The minimum absolute atomic E-state index is 0.133. The number of rotatable bonds is 4. The summed E-state index contributed by atoms with van der Waals surface area (Å²) in [4.78, 5) is 26.1. The van der Waals surface area contributed by atoms with E-state index in [-0.39, 0.29) is 23.7 Å². The van der Waals surface area contributed by atoms with Crippen LogP contribution in [0, 0.1) is 5.92 Å². The van der Waals surface area contributed by atoms with Crippen molar-refractivity contribution in [1.29, 1.82) is 0 Å². The van der Waals surface area contributed by atoms with Crippen LogP contribution in [-0.4, -0.2) is 18.7 Å². The molecule has 7 heteroatoms. The summed E-state index contributed by atoms with van der Waals surface area (Å²) in [5.74, 6) is 0.597. The molecule has 0 amide bonds. The zero-order valence-electron chi connectivity index (χ0n) is 15.1. The highest BCUT2D eigenvalue weighted by Gasteiger charge is 2.17. The molecule has 138 valence electrons. The molecule has 2 aromatic heterocycles. The van der Waals surface area contributed by atoms with Gasteiger partial charge in [0.05, 0.1) is 17.4 Å². The number of benzene rings is 2. The fourth-order valence-corrected chi connectivity index (χ4v) is 3.52. The molecule has 0 spiro atoms. The summed E-state index contributed by atoms with van der Waals surface area (Å²) < 4.78 is 4.48. The summed E-state index contributed by atoms with van der Waals surface area (Å²) in [6.07, 6.45) is 0. The summed E-state index contributed by atoms with van der Waals surface area (Å²) in [6.45, 7) is 4.82. The summed E-state index contributed by atoms with van der Waals surface area (Å²) in [5, 5.41) is 5.60. The van der Waals surface area contributed by atoms with Crippen LogP contribution in [0.25, 0.3) is 16.7 Å². The van der Waals surface area contributed by atoms with Crippen LogP contribution in [0.5, 0.6) is 0 Å². The molecule has 0 unspecified atom stereocenters. The number of aromatic nitrogens is 4. The first-order valence-electron chi connectivity index (χ1n) is 8.81. The molecule has 6 nitrogen and oxygen atoms in total. The van der Waals surface area contributed by atoms with Crippen molar-refractivity contribution < 1.29 is 0 Å². The number of hydrogen-bond donors (Lipinski definition) is 0. The highest BCUT2D eigenvalue weighted by molar-refractivity contribution is 6.30. The SMILES string of the molecule is CC(C)Cn1c(=O)c2ccccc2n2c(=O)n(Cc3cccc(Cl)c3)nc12. The molecule has 0 aliphatic rings. The van der Waals surface area contributed by atoms with E-state index in [9.17, 15) is 9.59 Å². The van der Waals surface area contributed by atoms with Crippen LogP contribution in [0.15, 0.2) is 58.1 Å². The van der Waals surface area contributed by atoms with E-state index in [0.717, 1.165) is 5.56 Å². The highest BCUT2D eigenvalue weighted by atomic mass is 35.5. The largest absolute Gasteiger partial charge is 0.352 e. The summed E-state index contributed by atoms with van der Waals surface area (Å²) in [7, 11) is 0. The van der Waals surface area contributed by atoms with Crippen LogP contribution in [0.3, 0.4) is 0 Å². The van der Waals surface area contributed by atoms with E-state index in [0.29, 0.717) is 28.2 Å². The minimum Gasteiger partial charge on any atom is -0.276 e. The van der Waals surface area contributed by atoms with Crippen molar-refractivity contribution in [2.45, 2.75) is 26.9 Å². The first kappa shape index (κ1) is 17.5. The Labute approximate surface area is 160 Å². The van der Waals surface area contributed by atoms with Crippen LogP contribution in [0.1, 0.15) is 19.4 Å². The quantitative estimate of drug-likeness (QED) is 0.544. The number of fused-ring (bicyclic) bond motifs is 3. The van der Waals surface area contributed by atoms with Crippen molar-refractivity contribution in [2.75, 3.05) is 0 Å². The molecule has 2 aromatic carbocycles. The minimum atomic E-state index is -0.279. The lowest BCUT2D eigenvalue weighted by atomic mass is 10.2. The lowest BCUT2D eigenvalue weighted by Gasteiger charge is -2.11. The Bertz CT molecular complexity index is 1270. The van der Waals surface area contributed by atoms with Gasteiger partial charge in [0.15, 0.2) is 0 Å². The van der Waals surface area contributed by atoms with E-state index in [1.165, 1.54) is 9.08 Å². The van der Waals surface area contributed by atoms with Gasteiger partial charge in [-0.15, -0.1) is 5.10 Å². The maximum atomic E-state index is 13.1. The zero-order chi connectivity index (χ0) is 19.1. The molecule has 0 N–H and O–H groups in total. The van der Waals surface area contributed by atoms with Gasteiger partial charge in [0.25, 0.3) is 5.56 Å². The molecule has 4 aromatic rings. The van der Waals surface area contributed by atoms with Crippen LogP contribution in [0.4, 0.5) is 0 Å². The Morgan fingerprint density at radius 2 is 1.85 bits per heavy atom. The van der Waals surface area contributed by atoms with E-state index in [2.05, 4.69) is 5.10 Å². The van der Waals surface area contributed by atoms with Crippen LogP contribution in [0.2, 0.25) is 5.02 Å². The molecular weight excluding hydrogens is 364 g/mol. The molecule has 0 fully saturated rings.